The molecule has 0 radical (unpaired) electrons. The van der Waals surface area contributed by atoms with Crippen LogP contribution in [0.15, 0.2) is 42.9 Å². The first-order valence-corrected chi connectivity index (χ1v) is 22.9. The van der Waals surface area contributed by atoms with Gasteiger partial charge in [-0.25, -0.2) is 9.78 Å². The van der Waals surface area contributed by atoms with Crippen LogP contribution < -0.4 is 59.3 Å². The number of aliphatic hydroxyl groups excluding tert-OH is 1. The molecule has 0 saturated heterocycles. The second-order valence-corrected chi connectivity index (χ2v) is 17.0. The van der Waals surface area contributed by atoms with Crippen LogP contribution in [-0.4, -0.2) is 170 Å². The van der Waals surface area contributed by atoms with Gasteiger partial charge >= 0.3 is 17.9 Å². The fourth-order valence-corrected chi connectivity index (χ4v) is 6.65. The Hall–Kier alpha value is -8.21. The van der Waals surface area contributed by atoms with Gasteiger partial charge in [-0.15, -0.1) is 0 Å². The number of benzene rings is 1. The van der Waals surface area contributed by atoms with E-state index in [9.17, 15) is 68.1 Å². The lowest BCUT2D eigenvalue weighted by Crippen LogP contribution is -2.60. The molecular formula is C44H66N14O15. The molecule has 402 valence electrons. The van der Waals surface area contributed by atoms with E-state index >= 15 is 0 Å². The Bertz CT molecular complexity index is 2230. The summed E-state index contributed by atoms with van der Waals surface area (Å²) in [6.07, 6.45) is 0.502. The minimum absolute atomic E-state index is 0.0244. The molecule has 29 nitrogen and oxygen atoms in total. The van der Waals surface area contributed by atoms with Gasteiger partial charge in [0.25, 0.3) is 0 Å². The van der Waals surface area contributed by atoms with Crippen LogP contribution in [0.1, 0.15) is 70.6 Å². The minimum Gasteiger partial charge on any atom is -0.481 e. The number of imidazole rings is 1. The van der Waals surface area contributed by atoms with Crippen LogP contribution in [0.25, 0.3) is 0 Å². The first kappa shape index (κ1) is 60.9. The van der Waals surface area contributed by atoms with E-state index in [4.69, 9.17) is 22.0 Å². The number of hydrogen-bond donors (Lipinski definition) is 17. The number of aromatic nitrogens is 2. The summed E-state index contributed by atoms with van der Waals surface area (Å²) in [6, 6.07) is -3.53. The normalized spacial score (nSPS) is 14.2. The number of aliphatic carboxylic acids is 3. The number of nitrogens with one attached hydrogen (secondary N) is 11. The molecule has 19 N–H and O–H groups in total. The summed E-state index contributed by atoms with van der Waals surface area (Å²) < 4.78 is 0. The molecule has 1 aromatic heterocycles. The highest BCUT2D eigenvalue weighted by atomic mass is 16.4. The SMILES string of the molecule is CC(C)[C@H](NC(=O)[C@@H](N)Cc1c[nH]cn1)C(=O)N[C@@H](CCCNC(=N)N)C(=O)NCC(=O)N[C@@H](C)C(=O)N[C@@H](Cc1ccccc1)C(=O)N[C@@H](CO)C(=O)N[C@@H](CCC(=O)O)C(=O)N[C@@H](CCC(=O)O)C(=O)O. The Labute approximate surface area is 418 Å². The van der Waals surface area contributed by atoms with Gasteiger partial charge in [-0.2, -0.15) is 0 Å². The fraction of sp³-hybridized carbons (Fsp3) is 0.523. The molecule has 1 heterocycles. The number of amides is 8. The number of carboxylic acid groups (broad SMARTS) is 3. The zero-order valence-electron chi connectivity index (χ0n) is 40.4. The average Bonchev–Trinajstić information content (AvgIpc) is 3.84. The molecule has 8 amide bonds. The molecule has 0 fully saturated rings. The van der Waals surface area contributed by atoms with Crippen molar-refractivity contribution in [2.75, 3.05) is 19.7 Å². The number of carboxylic acids is 3. The third kappa shape index (κ3) is 23.1. The van der Waals surface area contributed by atoms with E-state index in [1.807, 2.05) is 5.32 Å². The summed E-state index contributed by atoms with van der Waals surface area (Å²) in [7, 11) is 0. The van der Waals surface area contributed by atoms with Crippen LogP contribution in [0, 0.1) is 11.3 Å². The van der Waals surface area contributed by atoms with Gasteiger partial charge in [0, 0.05) is 38.4 Å². The molecule has 29 heteroatoms. The molecular weight excluding hydrogens is 965 g/mol. The number of carbonyl (C=O) groups excluding carboxylic acids is 8. The summed E-state index contributed by atoms with van der Waals surface area (Å²) in [5.41, 5.74) is 12.4. The van der Waals surface area contributed by atoms with Crippen molar-refractivity contribution in [3.05, 3.63) is 54.1 Å². The van der Waals surface area contributed by atoms with E-state index in [1.165, 1.54) is 13.3 Å². The smallest absolute Gasteiger partial charge is 0.326 e. The number of rotatable bonds is 33. The maximum atomic E-state index is 13.7. The number of hydrogen-bond acceptors (Lipinski definition) is 15. The van der Waals surface area contributed by atoms with E-state index in [1.54, 1.807) is 50.4 Å². The number of nitrogens with two attached hydrogens (primary N) is 2. The lowest BCUT2D eigenvalue weighted by molar-refractivity contribution is -0.144. The first-order chi connectivity index (χ1) is 34.4. The molecule has 0 aliphatic rings. The van der Waals surface area contributed by atoms with Gasteiger partial charge in [0.2, 0.25) is 47.3 Å². The standard InChI is InChI=1S/C44H66N14O15/c1-22(2)35(58-37(66)26(45)17-25-18-48-21-51-25)42(71)54-27(10-7-15-49-44(46)47)38(67)50-19-32(60)52-23(3)36(65)56-30(16-24-8-5-4-6-9-24)40(69)57-31(20-59)41(70)53-28(11-13-33(61)62)39(68)55-29(43(72)73)12-14-34(63)64/h4-6,8-9,18,21-23,26-31,35,59H,7,10-17,19-20,45H2,1-3H3,(H,48,51)(H,50,67)(H,52,60)(H,53,70)(H,54,71)(H,55,68)(H,56,65)(H,57,69)(H,58,66)(H,61,62)(H,63,64)(H,72,73)(H4,46,47,49)/t23-,26-,27-,28-,29-,30-,31-,35-/m0/s1. The first-order valence-electron chi connectivity index (χ1n) is 22.9. The summed E-state index contributed by atoms with van der Waals surface area (Å²) in [6.45, 7) is 2.89. The lowest BCUT2D eigenvalue weighted by atomic mass is 10.0. The number of aliphatic hydroxyl groups is 1. The van der Waals surface area contributed by atoms with E-state index in [0.717, 1.165) is 0 Å². The number of nitrogens with zero attached hydrogens (tertiary/aromatic N) is 1. The van der Waals surface area contributed by atoms with Crippen LogP contribution in [0.5, 0.6) is 0 Å². The lowest BCUT2D eigenvalue weighted by Gasteiger charge is -2.26. The summed E-state index contributed by atoms with van der Waals surface area (Å²) in [4.78, 5) is 148. The summed E-state index contributed by atoms with van der Waals surface area (Å²) in [5.74, 6) is -12.7. The van der Waals surface area contributed by atoms with Crippen LogP contribution in [0.4, 0.5) is 0 Å². The van der Waals surface area contributed by atoms with Gasteiger partial charge in [-0.1, -0.05) is 44.2 Å². The molecule has 0 bridgehead atoms. The quantitative estimate of drug-likeness (QED) is 0.0180. The van der Waals surface area contributed by atoms with Gasteiger partial charge in [-0.3, -0.25) is 53.4 Å². The van der Waals surface area contributed by atoms with Crippen molar-refractivity contribution in [1.29, 1.82) is 5.41 Å². The average molecular weight is 1030 g/mol. The highest BCUT2D eigenvalue weighted by molar-refractivity contribution is 5.97. The van der Waals surface area contributed by atoms with E-state index in [0.29, 0.717) is 11.3 Å². The fourth-order valence-electron chi connectivity index (χ4n) is 6.65. The highest BCUT2D eigenvalue weighted by Crippen LogP contribution is 2.09. The maximum Gasteiger partial charge on any atom is 0.326 e. The predicted octanol–water partition coefficient (Wildman–Crippen LogP) is -5.22. The second-order valence-electron chi connectivity index (χ2n) is 17.0. The molecule has 2 aromatic rings. The molecule has 0 unspecified atom stereocenters. The second kappa shape index (κ2) is 31.2. The maximum absolute atomic E-state index is 13.7. The zero-order chi connectivity index (χ0) is 54.8. The third-order valence-corrected chi connectivity index (χ3v) is 10.7. The van der Waals surface area contributed by atoms with Crippen molar-refractivity contribution in [2.24, 2.45) is 17.4 Å². The molecule has 0 saturated carbocycles. The molecule has 0 aliphatic heterocycles. The molecule has 1 aromatic carbocycles. The molecule has 0 aliphatic carbocycles. The van der Waals surface area contributed by atoms with E-state index < -0.39 is 158 Å². The minimum atomic E-state index is -1.84. The number of carbonyl (C=O) groups is 11. The van der Waals surface area contributed by atoms with Crippen LogP contribution >= 0.6 is 0 Å². The summed E-state index contributed by atoms with van der Waals surface area (Å²) >= 11 is 0. The topological polar surface area (TPSA) is 482 Å². The Morgan fingerprint density at radius 3 is 1.75 bits per heavy atom. The summed E-state index contributed by atoms with van der Waals surface area (Å²) in [5, 5.41) is 66.7. The van der Waals surface area contributed by atoms with Crippen molar-refractivity contribution in [1.82, 2.24) is 57.8 Å². The number of guanidine groups is 1. The Morgan fingerprint density at radius 2 is 1.19 bits per heavy atom. The molecule has 0 spiro atoms. The van der Waals surface area contributed by atoms with Crippen molar-refractivity contribution in [3.8, 4) is 0 Å². The third-order valence-electron chi connectivity index (χ3n) is 10.7. The Balaban J connectivity index is 2.18. The molecule has 2 rings (SSSR count). The number of aromatic amines is 1. The number of H-pyrrole nitrogens is 1. The zero-order valence-corrected chi connectivity index (χ0v) is 40.4. The van der Waals surface area contributed by atoms with Crippen LogP contribution in [-0.2, 0) is 65.6 Å². The van der Waals surface area contributed by atoms with Crippen molar-refractivity contribution >= 4 is 71.1 Å². The molecule has 73 heavy (non-hydrogen) atoms. The largest absolute Gasteiger partial charge is 0.481 e. The Morgan fingerprint density at radius 1 is 0.644 bits per heavy atom. The highest BCUT2D eigenvalue weighted by Gasteiger charge is 2.34. The molecule has 8 atom stereocenters. The van der Waals surface area contributed by atoms with Gasteiger partial charge in [0.15, 0.2) is 5.96 Å². The van der Waals surface area contributed by atoms with E-state index in [2.05, 4.69) is 52.5 Å². The van der Waals surface area contributed by atoms with Gasteiger partial charge in [0.05, 0.1) is 31.2 Å². The van der Waals surface area contributed by atoms with Crippen LogP contribution in [0.3, 0.4) is 0 Å². The monoisotopic (exact) mass is 1030 g/mol. The van der Waals surface area contributed by atoms with E-state index in [-0.39, 0.29) is 38.2 Å². The predicted molar refractivity (Wildman–Crippen MR) is 255 cm³/mol. The van der Waals surface area contributed by atoms with Gasteiger partial charge < -0.3 is 84.7 Å². The van der Waals surface area contributed by atoms with Crippen molar-refractivity contribution in [2.45, 2.75) is 120 Å². The Kier molecular flexibility index (Phi) is 26.0. The van der Waals surface area contributed by atoms with Crippen molar-refractivity contribution in [3.63, 3.8) is 0 Å². The van der Waals surface area contributed by atoms with Crippen LogP contribution in [0.2, 0.25) is 0 Å². The van der Waals surface area contributed by atoms with Gasteiger partial charge in [0.1, 0.15) is 42.3 Å². The van der Waals surface area contributed by atoms with Crippen molar-refractivity contribution < 1.29 is 73.2 Å². The van der Waals surface area contributed by atoms with Gasteiger partial charge in [-0.05, 0) is 44.1 Å².